The molecule has 1 aromatic carbocycles. The Morgan fingerprint density at radius 3 is 2.60 bits per heavy atom. The first-order valence-electron chi connectivity index (χ1n) is 6.15. The maximum Gasteiger partial charge on any atom is 0.328 e. The van der Waals surface area contributed by atoms with Crippen LogP contribution in [0.1, 0.15) is 23.2 Å². The van der Waals surface area contributed by atoms with Gasteiger partial charge in [-0.05, 0) is 6.42 Å². The van der Waals surface area contributed by atoms with Crippen molar-refractivity contribution < 1.29 is 9.18 Å². The summed E-state index contributed by atoms with van der Waals surface area (Å²) in [6, 6.07) is 8.80. The number of nitrogens with zero attached hydrogens (tertiary/aromatic N) is 1. The Hall–Kier alpha value is -2.50. The first-order valence-corrected chi connectivity index (χ1v) is 6.15. The van der Waals surface area contributed by atoms with Gasteiger partial charge in [0.2, 0.25) is 5.82 Å². The number of aromatic nitrogens is 2. The van der Waals surface area contributed by atoms with Gasteiger partial charge in [0.25, 0.3) is 5.56 Å². The molecule has 1 N–H and O–H groups in total. The Bertz CT molecular complexity index is 719. The monoisotopic (exact) mass is 276 g/mol. The Balaban J connectivity index is 1.97. The molecule has 0 atom stereocenters. The van der Waals surface area contributed by atoms with Gasteiger partial charge in [-0.15, -0.1) is 0 Å². The predicted molar refractivity (Wildman–Crippen MR) is 71.3 cm³/mol. The average Bonchev–Trinajstić information content (AvgIpc) is 2.45. The molecular formula is C14H13FN2O3. The van der Waals surface area contributed by atoms with Crippen molar-refractivity contribution in [2.24, 2.45) is 0 Å². The largest absolute Gasteiger partial charge is 0.328 e. The number of nitrogens with one attached hydrogen (secondary N) is 1. The molecule has 6 heteroatoms. The van der Waals surface area contributed by atoms with E-state index < -0.39 is 17.1 Å². The van der Waals surface area contributed by atoms with E-state index in [-0.39, 0.29) is 18.7 Å². The third-order valence-electron chi connectivity index (χ3n) is 2.87. The van der Waals surface area contributed by atoms with Gasteiger partial charge in [-0.1, -0.05) is 30.3 Å². The van der Waals surface area contributed by atoms with Crippen molar-refractivity contribution in [3.63, 3.8) is 0 Å². The molecule has 5 nitrogen and oxygen atoms in total. The fraction of sp³-hybridized carbons (Fsp3) is 0.214. The van der Waals surface area contributed by atoms with E-state index in [0.717, 1.165) is 10.8 Å². The summed E-state index contributed by atoms with van der Waals surface area (Å²) in [4.78, 5) is 35.9. The number of halogens is 1. The molecule has 1 heterocycles. The van der Waals surface area contributed by atoms with Gasteiger partial charge in [-0.3, -0.25) is 19.1 Å². The highest BCUT2D eigenvalue weighted by molar-refractivity contribution is 5.95. The Labute approximate surface area is 113 Å². The Morgan fingerprint density at radius 1 is 1.20 bits per heavy atom. The van der Waals surface area contributed by atoms with E-state index in [9.17, 15) is 18.8 Å². The number of rotatable bonds is 5. The van der Waals surface area contributed by atoms with E-state index in [1.54, 1.807) is 24.3 Å². The normalized spacial score (nSPS) is 10.4. The highest BCUT2D eigenvalue weighted by atomic mass is 19.1. The van der Waals surface area contributed by atoms with Gasteiger partial charge < -0.3 is 0 Å². The molecule has 0 bridgehead atoms. The fourth-order valence-corrected chi connectivity index (χ4v) is 1.83. The number of carbonyl (C=O) groups excluding carboxylic acids is 1. The molecule has 20 heavy (non-hydrogen) atoms. The van der Waals surface area contributed by atoms with Crippen molar-refractivity contribution in [1.29, 1.82) is 0 Å². The minimum absolute atomic E-state index is 0.0384. The summed E-state index contributed by atoms with van der Waals surface area (Å²) >= 11 is 0. The molecule has 2 aromatic rings. The first-order chi connectivity index (χ1) is 9.58. The van der Waals surface area contributed by atoms with Crippen LogP contribution in [0.5, 0.6) is 0 Å². The van der Waals surface area contributed by atoms with Gasteiger partial charge in [0.1, 0.15) is 0 Å². The number of aryl methyl sites for hydroxylation is 1. The molecule has 0 saturated heterocycles. The molecule has 0 spiro atoms. The number of carbonyl (C=O) groups is 1. The van der Waals surface area contributed by atoms with E-state index in [1.807, 2.05) is 11.1 Å². The van der Waals surface area contributed by atoms with Crippen LogP contribution in [0.4, 0.5) is 4.39 Å². The van der Waals surface area contributed by atoms with E-state index in [0.29, 0.717) is 12.0 Å². The molecule has 2 rings (SSSR count). The van der Waals surface area contributed by atoms with Crippen LogP contribution in [-0.4, -0.2) is 15.3 Å². The van der Waals surface area contributed by atoms with E-state index in [1.165, 1.54) is 0 Å². The average molecular weight is 276 g/mol. The van der Waals surface area contributed by atoms with Gasteiger partial charge in [0.05, 0.1) is 6.20 Å². The minimum atomic E-state index is -1.04. The topological polar surface area (TPSA) is 71.9 Å². The van der Waals surface area contributed by atoms with Crippen molar-refractivity contribution in [3.8, 4) is 0 Å². The van der Waals surface area contributed by atoms with Gasteiger partial charge >= 0.3 is 5.69 Å². The number of aromatic amines is 1. The van der Waals surface area contributed by atoms with Crippen molar-refractivity contribution in [2.75, 3.05) is 0 Å². The van der Waals surface area contributed by atoms with E-state index in [4.69, 9.17) is 0 Å². The quantitative estimate of drug-likeness (QED) is 0.838. The zero-order chi connectivity index (χ0) is 14.5. The van der Waals surface area contributed by atoms with Crippen LogP contribution in [0.15, 0.2) is 46.1 Å². The Kier molecular flexibility index (Phi) is 4.24. The molecule has 0 radical (unpaired) electrons. The second kappa shape index (κ2) is 6.10. The van der Waals surface area contributed by atoms with Crippen LogP contribution in [-0.2, 0) is 6.54 Å². The van der Waals surface area contributed by atoms with Gasteiger partial charge in [-0.2, -0.15) is 4.39 Å². The minimum Gasteiger partial charge on any atom is -0.298 e. The molecule has 104 valence electrons. The van der Waals surface area contributed by atoms with Crippen LogP contribution in [0, 0.1) is 5.82 Å². The van der Waals surface area contributed by atoms with Gasteiger partial charge in [0, 0.05) is 18.5 Å². The molecule has 0 fully saturated rings. The van der Waals surface area contributed by atoms with Crippen LogP contribution in [0.2, 0.25) is 0 Å². The summed E-state index contributed by atoms with van der Waals surface area (Å²) < 4.78 is 14.1. The summed E-state index contributed by atoms with van der Waals surface area (Å²) in [5.41, 5.74) is -1.11. The highest BCUT2D eigenvalue weighted by Gasteiger charge is 2.07. The first kappa shape index (κ1) is 13.9. The molecule has 1 aromatic heterocycles. The lowest BCUT2D eigenvalue weighted by molar-refractivity contribution is 0.0978. The highest BCUT2D eigenvalue weighted by Crippen LogP contribution is 2.05. The lowest BCUT2D eigenvalue weighted by Crippen LogP contribution is -2.31. The Morgan fingerprint density at radius 2 is 1.90 bits per heavy atom. The lowest BCUT2D eigenvalue weighted by Gasteiger charge is -2.04. The van der Waals surface area contributed by atoms with E-state index >= 15 is 0 Å². The van der Waals surface area contributed by atoms with Crippen LogP contribution < -0.4 is 11.2 Å². The smallest absolute Gasteiger partial charge is 0.298 e. The third kappa shape index (κ3) is 3.28. The molecular weight excluding hydrogens is 263 g/mol. The molecule has 0 saturated carbocycles. The second-order valence-electron chi connectivity index (χ2n) is 4.32. The predicted octanol–water partition coefficient (Wildman–Crippen LogP) is 1.34. The standard InChI is InChI=1S/C14H13FN2O3/c15-11-9-17(14(20)16-13(11)19)8-4-7-12(18)10-5-2-1-3-6-10/h1-3,5-6,9H,4,7-8H2,(H,16,19,20). The third-order valence-corrected chi connectivity index (χ3v) is 2.87. The van der Waals surface area contributed by atoms with Crippen LogP contribution in [0.25, 0.3) is 0 Å². The summed E-state index contributed by atoms with van der Waals surface area (Å²) in [5.74, 6) is -1.05. The number of ketones is 1. The molecule has 0 aliphatic heterocycles. The van der Waals surface area contributed by atoms with E-state index in [2.05, 4.69) is 0 Å². The number of H-pyrrole nitrogens is 1. The lowest BCUT2D eigenvalue weighted by atomic mass is 10.1. The summed E-state index contributed by atoms with van der Waals surface area (Å²) in [6.45, 7) is 0.172. The number of Topliss-reactive ketones (excluding diaryl/α,β-unsaturated/α-hetero) is 1. The van der Waals surface area contributed by atoms with Crippen molar-refractivity contribution >= 4 is 5.78 Å². The molecule has 0 aliphatic rings. The summed E-state index contributed by atoms with van der Waals surface area (Å²) in [6.07, 6.45) is 1.49. The maximum absolute atomic E-state index is 13.0. The molecule has 0 aliphatic carbocycles. The van der Waals surface area contributed by atoms with Crippen LogP contribution >= 0.6 is 0 Å². The van der Waals surface area contributed by atoms with Crippen LogP contribution in [0.3, 0.4) is 0 Å². The van der Waals surface area contributed by atoms with Crippen molar-refractivity contribution in [2.45, 2.75) is 19.4 Å². The maximum atomic E-state index is 13.0. The number of hydrogen-bond donors (Lipinski definition) is 1. The zero-order valence-corrected chi connectivity index (χ0v) is 10.6. The second-order valence-corrected chi connectivity index (χ2v) is 4.32. The van der Waals surface area contributed by atoms with Gasteiger partial charge in [0.15, 0.2) is 5.78 Å². The number of benzene rings is 1. The fourth-order valence-electron chi connectivity index (χ4n) is 1.83. The summed E-state index contributed by atoms with van der Waals surface area (Å²) in [5, 5.41) is 0. The van der Waals surface area contributed by atoms with Gasteiger partial charge in [-0.25, -0.2) is 4.79 Å². The summed E-state index contributed by atoms with van der Waals surface area (Å²) in [7, 11) is 0. The van der Waals surface area contributed by atoms with Crippen molar-refractivity contribution in [1.82, 2.24) is 9.55 Å². The van der Waals surface area contributed by atoms with Crippen molar-refractivity contribution in [3.05, 3.63) is 68.7 Å². The molecule has 0 unspecified atom stereocenters. The molecule has 0 amide bonds. The SMILES string of the molecule is O=C(CCCn1cc(F)c(=O)[nH]c1=O)c1ccccc1. The number of hydrogen-bond acceptors (Lipinski definition) is 3. The zero-order valence-electron chi connectivity index (χ0n) is 10.6.